The van der Waals surface area contributed by atoms with E-state index in [-0.39, 0.29) is 24.8 Å². The second kappa shape index (κ2) is 7.76. The maximum absolute atomic E-state index is 12.5. The standard InChI is InChI=1S/C20H16N2O5S/c23-28(24,19-7-3-5-15-6-4-10-21-20(15)19)22-11-1-2-12-25-16-8-9-17-18(13-16)27-14-26-17/h3-10,13,22H,11-12,14H2. The number of nitrogens with one attached hydrogen (secondary N) is 1. The van der Waals surface area contributed by atoms with Gasteiger partial charge in [-0.25, -0.2) is 8.42 Å². The lowest BCUT2D eigenvalue weighted by atomic mass is 10.2. The molecule has 2 aromatic carbocycles. The van der Waals surface area contributed by atoms with Crippen molar-refractivity contribution in [3.63, 3.8) is 0 Å². The first-order valence-corrected chi connectivity index (χ1v) is 9.93. The molecule has 0 saturated heterocycles. The van der Waals surface area contributed by atoms with Gasteiger partial charge in [0.2, 0.25) is 16.8 Å². The molecule has 28 heavy (non-hydrogen) atoms. The lowest BCUT2D eigenvalue weighted by Crippen LogP contribution is -2.24. The van der Waals surface area contributed by atoms with Crippen molar-refractivity contribution in [1.29, 1.82) is 0 Å². The number of sulfonamides is 1. The number of pyridine rings is 1. The van der Waals surface area contributed by atoms with Gasteiger partial charge in [0.05, 0.1) is 12.1 Å². The number of hydrogen-bond donors (Lipinski definition) is 1. The Labute approximate surface area is 162 Å². The number of benzene rings is 2. The van der Waals surface area contributed by atoms with Gasteiger partial charge in [-0.15, -0.1) is 0 Å². The molecule has 3 aromatic rings. The molecular formula is C20H16N2O5S. The molecule has 0 amide bonds. The molecule has 1 aliphatic rings. The molecule has 0 spiro atoms. The summed E-state index contributed by atoms with van der Waals surface area (Å²) in [5, 5.41) is 0.758. The van der Waals surface area contributed by atoms with Gasteiger partial charge in [0.25, 0.3) is 0 Å². The molecule has 7 nitrogen and oxygen atoms in total. The Morgan fingerprint density at radius 1 is 1.07 bits per heavy atom. The molecule has 1 aromatic heterocycles. The molecule has 2 heterocycles. The van der Waals surface area contributed by atoms with Gasteiger partial charge < -0.3 is 14.2 Å². The summed E-state index contributed by atoms with van der Waals surface area (Å²) in [7, 11) is -3.72. The highest BCUT2D eigenvalue weighted by Crippen LogP contribution is 2.34. The van der Waals surface area contributed by atoms with Crippen molar-refractivity contribution in [2.45, 2.75) is 4.90 Å². The highest BCUT2D eigenvalue weighted by molar-refractivity contribution is 7.89. The van der Waals surface area contributed by atoms with Crippen LogP contribution in [0.2, 0.25) is 0 Å². The van der Waals surface area contributed by atoms with Gasteiger partial charge in [-0.2, -0.15) is 4.72 Å². The SMILES string of the molecule is O=S(=O)(NCC#CCOc1ccc2c(c1)OCO2)c1cccc2cccnc12. The Balaban J connectivity index is 1.35. The number of hydrogen-bond acceptors (Lipinski definition) is 6. The minimum atomic E-state index is -3.72. The first-order valence-electron chi connectivity index (χ1n) is 8.45. The zero-order valence-electron chi connectivity index (χ0n) is 14.7. The lowest BCUT2D eigenvalue weighted by molar-refractivity contribution is 0.174. The van der Waals surface area contributed by atoms with Crippen LogP contribution in [0.1, 0.15) is 0 Å². The summed E-state index contributed by atoms with van der Waals surface area (Å²) in [5.41, 5.74) is 0.427. The van der Waals surface area contributed by atoms with E-state index in [4.69, 9.17) is 14.2 Å². The topological polar surface area (TPSA) is 86.8 Å². The van der Waals surface area contributed by atoms with Crippen molar-refractivity contribution in [3.05, 3.63) is 54.7 Å². The quantitative estimate of drug-likeness (QED) is 0.666. The summed E-state index contributed by atoms with van der Waals surface area (Å²) in [5.74, 6) is 7.42. The van der Waals surface area contributed by atoms with Crippen molar-refractivity contribution < 1.29 is 22.6 Å². The fraction of sp³-hybridized carbons (Fsp3) is 0.150. The van der Waals surface area contributed by atoms with Crippen LogP contribution in [0.25, 0.3) is 10.9 Å². The molecular weight excluding hydrogens is 380 g/mol. The van der Waals surface area contributed by atoms with Crippen molar-refractivity contribution in [1.82, 2.24) is 9.71 Å². The van der Waals surface area contributed by atoms with Crippen LogP contribution in [0.4, 0.5) is 0 Å². The van der Waals surface area contributed by atoms with E-state index in [1.165, 1.54) is 6.07 Å². The Morgan fingerprint density at radius 2 is 1.93 bits per heavy atom. The highest BCUT2D eigenvalue weighted by Gasteiger charge is 2.17. The van der Waals surface area contributed by atoms with Crippen LogP contribution >= 0.6 is 0 Å². The fourth-order valence-electron chi connectivity index (χ4n) is 2.70. The maximum atomic E-state index is 12.5. The Morgan fingerprint density at radius 3 is 2.86 bits per heavy atom. The van der Waals surface area contributed by atoms with E-state index < -0.39 is 10.0 Å². The number of rotatable bonds is 5. The van der Waals surface area contributed by atoms with E-state index in [1.54, 1.807) is 36.5 Å². The van der Waals surface area contributed by atoms with Crippen LogP contribution in [0, 0.1) is 11.8 Å². The molecule has 0 radical (unpaired) electrons. The summed E-state index contributed by atoms with van der Waals surface area (Å²) in [4.78, 5) is 4.30. The fourth-order valence-corrected chi connectivity index (χ4v) is 3.80. The van der Waals surface area contributed by atoms with Gasteiger partial charge in [0.1, 0.15) is 17.3 Å². The number of aromatic nitrogens is 1. The molecule has 8 heteroatoms. The molecule has 4 rings (SSSR count). The largest absolute Gasteiger partial charge is 0.481 e. The van der Waals surface area contributed by atoms with E-state index in [9.17, 15) is 8.42 Å². The summed E-state index contributed by atoms with van der Waals surface area (Å²) < 4.78 is 43.5. The predicted octanol–water partition coefficient (Wildman–Crippen LogP) is 2.32. The van der Waals surface area contributed by atoms with Gasteiger partial charge in [0.15, 0.2) is 11.5 Å². The molecule has 0 unspecified atom stereocenters. The molecule has 1 aliphatic heterocycles. The third-order valence-electron chi connectivity index (χ3n) is 4.02. The average Bonchev–Trinajstić information content (AvgIpc) is 3.18. The third kappa shape index (κ3) is 3.86. The number of para-hydroxylation sites is 1. The summed E-state index contributed by atoms with van der Waals surface area (Å²) in [6, 6.07) is 13.8. The summed E-state index contributed by atoms with van der Waals surface area (Å²) in [6.45, 7) is 0.290. The normalized spacial score (nSPS) is 12.4. The van der Waals surface area contributed by atoms with Crippen LogP contribution in [-0.4, -0.2) is 33.3 Å². The third-order valence-corrected chi connectivity index (χ3v) is 5.45. The first kappa shape index (κ1) is 18.1. The lowest BCUT2D eigenvalue weighted by Gasteiger charge is -2.06. The second-order valence-electron chi connectivity index (χ2n) is 5.81. The van der Waals surface area contributed by atoms with E-state index in [0.717, 1.165) is 5.39 Å². The van der Waals surface area contributed by atoms with Crippen LogP contribution in [-0.2, 0) is 10.0 Å². The zero-order chi connectivity index (χ0) is 19.4. The highest BCUT2D eigenvalue weighted by atomic mass is 32.2. The number of nitrogens with zero attached hydrogens (tertiary/aromatic N) is 1. The van der Waals surface area contributed by atoms with E-state index in [1.807, 2.05) is 12.1 Å². The molecule has 0 bridgehead atoms. The summed E-state index contributed by atoms with van der Waals surface area (Å²) >= 11 is 0. The first-order chi connectivity index (χ1) is 13.6. The molecule has 0 atom stereocenters. The minimum Gasteiger partial charge on any atom is -0.481 e. The second-order valence-corrected chi connectivity index (χ2v) is 7.55. The average molecular weight is 396 g/mol. The monoisotopic (exact) mass is 396 g/mol. The zero-order valence-corrected chi connectivity index (χ0v) is 15.5. The van der Waals surface area contributed by atoms with Crippen LogP contribution in [0.15, 0.2) is 59.6 Å². The van der Waals surface area contributed by atoms with Crippen molar-refractivity contribution in [3.8, 4) is 29.1 Å². The molecule has 0 fully saturated rings. The molecule has 1 N–H and O–H groups in total. The van der Waals surface area contributed by atoms with Crippen LogP contribution in [0.5, 0.6) is 17.2 Å². The van der Waals surface area contributed by atoms with Gasteiger partial charge in [0, 0.05) is 17.6 Å². The Bertz CT molecular complexity index is 1180. The van der Waals surface area contributed by atoms with E-state index >= 15 is 0 Å². The van der Waals surface area contributed by atoms with E-state index in [2.05, 4.69) is 21.5 Å². The molecule has 0 aliphatic carbocycles. The Hall–Kier alpha value is -3.28. The smallest absolute Gasteiger partial charge is 0.243 e. The predicted molar refractivity (Wildman–Crippen MR) is 103 cm³/mol. The van der Waals surface area contributed by atoms with Gasteiger partial charge in [-0.3, -0.25) is 4.98 Å². The van der Waals surface area contributed by atoms with Gasteiger partial charge in [-0.1, -0.05) is 30.0 Å². The van der Waals surface area contributed by atoms with Gasteiger partial charge in [-0.05, 0) is 24.3 Å². The van der Waals surface area contributed by atoms with E-state index in [0.29, 0.717) is 22.8 Å². The summed E-state index contributed by atoms with van der Waals surface area (Å²) in [6.07, 6.45) is 1.56. The molecule has 142 valence electrons. The maximum Gasteiger partial charge on any atom is 0.243 e. The van der Waals surface area contributed by atoms with Crippen LogP contribution < -0.4 is 18.9 Å². The van der Waals surface area contributed by atoms with Gasteiger partial charge >= 0.3 is 0 Å². The van der Waals surface area contributed by atoms with Crippen molar-refractivity contribution in [2.24, 2.45) is 0 Å². The van der Waals surface area contributed by atoms with Crippen LogP contribution in [0.3, 0.4) is 0 Å². The number of fused-ring (bicyclic) bond motifs is 2. The van der Waals surface area contributed by atoms with Crippen molar-refractivity contribution >= 4 is 20.9 Å². The molecule has 0 saturated carbocycles. The minimum absolute atomic E-state index is 0.0317. The Kier molecular flexibility index (Phi) is 5.02. The number of ether oxygens (including phenoxy) is 3. The van der Waals surface area contributed by atoms with Crippen molar-refractivity contribution in [2.75, 3.05) is 19.9 Å².